The third-order valence-corrected chi connectivity index (χ3v) is 3.47. The minimum Gasteiger partial charge on any atom is -0.383 e. The quantitative estimate of drug-likeness (QED) is 0.768. The van der Waals surface area contributed by atoms with E-state index in [1.165, 1.54) is 0 Å². The van der Waals surface area contributed by atoms with Crippen molar-refractivity contribution < 1.29 is 9.53 Å². The van der Waals surface area contributed by atoms with E-state index in [2.05, 4.69) is 29.5 Å². The van der Waals surface area contributed by atoms with Crippen LogP contribution in [0.1, 0.15) is 35.7 Å². The topological polar surface area (TPSA) is 63.2 Å². The van der Waals surface area contributed by atoms with Crippen molar-refractivity contribution in [2.45, 2.75) is 19.8 Å². The summed E-state index contributed by atoms with van der Waals surface area (Å²) in [6.45, 7) is 5.47. The highest BCUT2D eigenvalue weighted by molar-refractivity contribution is 6.05. The molecule has 23 heavy (non-hydrogen) atoms. The Labute approximate surface area is 137 Å². The number of pyridine rings is 1. The first-order valence-electron chi connectivity index (χ1n) is 7.70. The fraction of sp³-hybridized carbons (Fsp3) is 0.333. The Morgan fingerprint density at radius 1 is 1.26 bits per heavy atom. The van der Waals surface area contributed by atoms with Crippen molar-refractivity contribution >= 4 is 17.3 Å². The number of methoxy groups -OCH3 is 1. The molecule has 122 valence electrons. The van der Waals surface area contributed by atoms with Crippen molar-refractivity contribution in [3.05, 3.63) is 53.9 Å². The summed E-state index contributed by atoms with van der Waals surface area (Å²) in [5.74, 6) is 0.174. The van der Waals surface area contributed by atoms with E-state index in [0.29, 0.717) is 24.6 Å². The number of carbonyl (C=O) groups is 1. The second kappa shape index (κ2) is 8.29. The van der Waals surface area contributed by atoms with Crippen molar-refractivity contribution in [3.8, 4) is 0 Å². The van der Waals surface area contributed by atoms with Gasteiger partial charge >= 0.3 is 0 Å². The molecule has 1 amide bonds. The lowest BCUT2D eigenvalue weighted by Gasteiger charge is -2.14. The van der Waals surface area contributed by atoms with Gasteiger partial charge in [0.1, 0.15) is 0 Å². The summed E-state index contributed by atoms with van der Waals surface area (Å²) in [7, 11) is 1.65. The van der Waals surface area contributed by atoms with Crippen LogP contribution in [-0.4, -0.2) is 31.2 Å². The van der Waals surface area contributed by atoms with Gasteiger partial charge in [-0.2, -0.15) is 0 Å². The predicted octanol–water partition coefficient (Wildman–Crippen LogP) is 3.52. The van der Waals surface area contributed by atoms with Crippen LogP contribution in [0, 0.1) is 0 Å². The Morgan fingerprint density at radius 3 is 2.78 bits per heavy atom. The number of rotatable bonds is 7. The number of carbonyl (C=O) groups excluding carboxylic acids is 1. The van der Waals surface area contributed by atoms with Crippen LogP contribution in [0.3, 0.4) is 0 Å². The van der Waals surface area contributed by atoms with Crippen LogP contribution in [0.4, 0.5) is 11.4 Å². The first-order chi connectivity index (χ1) is 11.1. The maximum absolute atomic E-state index is 12.5. The maximum atomic E-state index is 12.5. The van der Waals surface area contributed by atoms with Gasteiger partial charge in [0.25, 0.3) is 5.91 Å². The second-order valence-electron chi connectivity index (χ2n) is 5.58. The standard InChI is InChI=1S/C18H23N3O2/c1-13(2)16-6-4-5-7-17(16)21-18(22)14-10-15(12-19-11-14)20-8-9-23-3/h4-7,10-13,20H,8-9H2,1-3H3,(H,21,22). The summed E-state index contributed by atoms with van der Waals surface area (Å²) in [5, 5.41) is 6.14. The molecule has 1 aromatic heterocycles. The molecule has 0 spiro atoms. The summed E-state index contributed by atoms with van der Waals surface area (Å²) in [5.41, 5.74) is 3.27. The van der Waals surface area contributed by atoms with Gasteiger partial charge in [-0.1, -0.05) is 32.0 Å². The summed E-state index contributed by atoms with van der Waals surface area (Å²) < 4.78 is 4.99. The van der Waals surface area contributed by atoms with Crippen molar-refractivity contribution in [1.29, 1.82) is 0 Å². The smallest absolute Gasteiger partial charge is 0.257 e. The summed E-state index contributed by atoms with van der Waals surface area (Å²) in [6, 6.07) is 9.63. The lowest BCUT2D eigenvalue weighted by atomic mass is 10.0. The molecule has 2 rings (SSSR count). The van der Waals surface area contributed by atoms with Crippen LogP contribution in [0.25, 0.3) is 0 Å². The van der Waals surface area contributed by atoms with Crippen molar-refractivity contribution in [3.63, 3.8) is 0 Å². The van der Waals surface area contributed by atoms with E-state index in [9.17, 15) is 4.79 Å². The number of anilines is 2. The average molecular weight is 313 g/mol. The molecule has 0 aliphatic rings. The molecule has 1 heterocycles. The highest BCUT2D eigenvalue weighted by Gasteiger charge is 2.11. The van der Waals surface area contributed by atoms with Gasteiger partial charge in [-0.15, -0.1) is 0 Å². The van der Waals surface area contributed by atoms with E-state index in [-0.39, 0.29) is 5.91 Å². The Balaban J connectivity index is 2.10. The van der Waals surface area contributed by atoms with Gasteiger partial charge in [0.05, 0.1) is 17.9 Å². The van der Waals surface area contributed by atoms with Crippen LogP contribution < -0.4 is 10.6 Å². The van der Waals surface area contributed by atoms with Crippen LogP contribution in [0.15, 0.2) is 42.7 Å². The van der Waals surface area contributed by atoms with E-state index in [1.54, 1.807) is 25.6 Å². The molecular weight excluding hydrogens is 290 g/mol. The molecule has 0 radical (unpaired) electrons. The molecule has 5 nitrogen and oxygen atoms in total. The summed E-state index contributed by atoms with van der Waals surface area (Å²) >= 11 is 0. The third kappa shape index (κ3) is 4.79. The van der Waals surface area contributed by atoms with Gasteiger partial charge in [-0.25, -0.2) is 0 Å². The molecule has 0 saturated heterocycles. The van der Waals surface area contributed by atoms with Crippen molar-refractivity contribution in [2.24, 2.45) is 0 Å². The number of para-hydroxylation sites is 1. The number of aromatic nitrogens is 1. The molecule has 0 atom stereocenters. The van der Waals surface area contributed by atoms with Gasteiger partial charge in [0.15, 0.2) is 0 Å². The Hall–Kier alpha value is -2.40. The zero-order valence-corrected chi connectivity index (χ0v) is 13.8. The number of amides is 1. The zero-order valence-electron chi connectivity index (χ0n) is 13.8. The largest absolute Gasteiger partial charge is 0.383 e. The number of nitrogens with one attached hydrogen (secondary N) is 2. The number of benzene rings is 1. The maximum Gasteiger partial charge on any atom is 0.257 e. The van der Waals surface area contributed by atoms with E-state index < -0.39 is 0 Å². The molecule has 5 heteroatoms. The Morgan fingerprint density at radius 2 is 2.04 bits per heavy atom. The zero-order chi connectivity index (χ0) is 16.7. The first-order valence-corrected chi connectivity index (χ1v) is 7.70. The Bertz CT molecular complexity index is 656. The SMILES string of the molecule is COCCNc1cncc(C(=O)Nc2ccccc2C(C)C)c1. The average Bonchev–Trinajstić information content (AvgIpc) is 2.55. The molecule has 0 unspecified atom stereocenters. The highest BCUT2D eigenvalue weighted by atomic mass is 16.5. The van der Waals surface area contributed by atoms with Gasteiger partial charge < -0.3 is 15.4 Å². The van der Waals surface area contributed by atoms with Crippen LogP contribution >= 0.6 is 0 Å². The molecule has 1 aromatic carbocycles. The van der Waals surface area contributed by atoms with Crippen LogP contribution in [-0.2, 0) is 4.74 Å². The van der Waals surface area contributed by atoms with E-state index in [1.807, 2.05) is 24.3 Å². The van der Waals surface area contributed by atoms with Crippen LogP contribution in [0.2, 0.25) is 0 Å². The van der Waals surface area contributed by atoms with Crippen molar-refractivity contribution in [2.75, 3.05) is 30.9 Å². The number of ether oxygens (including phenoxy) is 1. The van der Waals surface area contributed by atoms with Gasteiger partial charge in [-0.3, -0.25) is 9.78 Å². The lowest BCUT2D eigenvalue weighted by Crippen LogP contribution is -2.15. The second-order valence-corrected chi connectivity index (χ2v) is 5.58. The highest BCUT2D eigenvalue weighted by Crippen LogP contribution is 2.24. The predicted molar refractivity (Wildman–Crippen MR) is 93.1 cm³/mol. The minimum atomic E-state index is -0.166. The summed E-state index contributed by atoms with van der Waals surface area (Å²) in [6.07, 6.45) is 3.25. The molecule has 0 saturated carbocycles. The van der Waals surface area contributed by atoms with E-state index in [4.69, 9.17) is 4.74 Å². The van der Waals surface area contributed by atoms with Gasteiger partial charge in [0, 0.05) is 31.7 Å². The monoisotopic (exact) mass is 313 g/mol. The molecule has 2 N–H and O–H groups in total. The number of nitrogens with zero attached hydrogens (tertiary/aromatic N) is 1. The normalized spacial score (nSPS) is 10.6. The molecule has 0 aliphatic carbocycles. The molecule has 0 aliphatic heterocycles. The minimum absolute atomic E-state index is 0.166. The number of hydrogen-bond donors (Lipinski definition) is 2. The molecule has 0 fully saturated rings. The van der Waals surface area contributed by atoms with Gasteiger partial charge in [0.2, 0.25) is 0 Å². The lowest BCUT2D eigenvalue weighted by molar-refractivity contribution is 0.102. The molecule has 0 bridgehead atoms. The van der Waals surface area contributed by atoms with E-state index in [0.717, 1.165) is 16.9 Å². The fourth-order valence-electron chi connectivity index (χ4n) is 2.27. The number of hydrogen-bond acceptors (Lipinski definition) is 4. The summed E-state index contributed by atoms with van der Waals surface area (Å²) in [4.78, 5) is 16.6. The van der Waals surface area contributed by atoms with Gasteiger partial charge in [-0.05, 0) is 23.6 Å². The third-order valence-electron chi connectivity index (χ3n) is 3.47. The van der Waals surface area contributed by atoms with E-state index >= 15 is 0 Å². The molecule has 2 aromatic rings. The van der Waals surface area contributed by atoms with Crippen molar-refractivity contribution in [1.82, 2.24) is 4.98 Å². The first kappa shape index (κ1) is 17.0. The van der Waals surface area contributed by atoms with Crippen LogP contribution in [0.5, 0.6) is 0 Å². The molecular formula is C18H23N3O2. The fourth-order valence-corrected chi connectivity index (χ4v) is 2.27. The Kier molecular flexibility index (Phi) is 6.11.